The summed E-state index contributed by atoms with van der Waals surface area (Å²) in [5.41, 5.74) is 0.297. The first-order valence-electron chi connectivity index (χ1n) is 6.23. The highest BCUT2D eigenvalue weighted by Gasteiger charge is 2.26. The van der Waals surface area contributed by atoms with Crippen LogP contribution < -0.4 is 0 Å². The SMILES string of the molecule is CC(C)(C)c1ccc(C(Br)C2CCCC2)s1. The third kappa shape index (κ3) is 2.70. The molecule has 1 aliphatic rings. The maximum absolute atomic E-state index is 3.90. The fraction of sp³-hybridized carbons (Fsp3) is 0.714. The lowest BCUT2D eigenvalue weighted by atomic mass is 9.95. The molecule has 2 heteroatoms. The first kappa shape index (κ1) is 12.6. The van der Waals surface area contributed by atoms with Gasteiger partial charge in [-0.15, -0.1) is 11.3 Å². The molecule has 0 radical (unpaired) electrons. The Morgan fingerprint density at radius 3 is 2.38 bits per heavy atom. The van der Waals surface area contributed by atoms with E-state index in [1.165, 1.54) is 35.4 Å². The van der Waals surface area contributed by atoms with Gasteiger partial charge in [0, 0.05) is 9.75 Å². The summed E-state index contributed by atoms with van der Waals surface area (Å²) in [5, 5.41) is 0. The molecule has 0 spiro atoms. The predicted molar refractivity (Wildman–Crippen MR) is 76.6 cm³/mol. The number of rotatable bonds is 2. The smallest absolute Gasteiger partial charge is 0.0517 e. The van der Waals surface area contributed by atoms with Crippen LogP contribution in [-0.2, 0) is 5.41 Å². The Morgan fingerprint density at radius 2 is 1.88 bits per heavy atom. The molecular weight excluding hydrogens is 280 g/mol. The fourth-order valence-corrected chi connectivity index (χ4v) is 4.49. The van der Waals surface area contributed by atoms with E-state index in [9.17, 15) is 0 Å². The van der Waals surface area contributed by atoms with Gasteiger partial charge in [-0.3, -0.25) is 0 Å². The molecular formula is C14H21BrS. The topological polar surface area (TPSA) is 0 Å². The quantitative estimate of drug-likeness (QED) is 0.617. The van der Waals surface area contributed by atoms with Crippen LogP contribution in [0.4, 0.5) is 0 Å². The van der Waals surface area contributed by atoms with Crippen LogP contribution in [0.2, 0.25) is 0 Å². The van der Waals surface area contributed by atoms with E-state index >= 15 is 0 Å². The zero-order chi connectivity index (χ0) is 11.8. The molecule has 16 heavy (non-hydrogen) atoms. The van der Waals surface area contributed by atoms with Gasteiger partial charge in [-0.1, -0.05) is 49.5 Å². The van der Waals surface area contributed by atoms with E-state index in [1.54, 1.807) is 0 Å². The highest BCUT2D eigenvalue weighted by Crippen LogP contribution is 2.44. The van der Waals surface area contributed by atoms with E-state index in [0.717, 1.165) is 5.92 Å². The summed E-state index contributed by atoms with van der Waals surface area (Å²) in [6, 6.07) is 4.63. The predicted octanol–water partition coefficient (Wildman–Crippen LogP) is 5.67. The Labute approximate surface area is 112 Å². The molecule has 1 aromatic heterocycles. The molecule has 0 amide bonds. The Morgan fingerprint density at radius 1 is 1.25 bits per heavy atom. The lowest BCUT2D eigenvalue weighted by molar-refractivity contribution is 0.546. The van der Waals surface area contributed by atoms with E-state index in [-0.39, 0.29) is 0 Å². The summed E-state index contributed by atoms with van der Waals surface area (Å²) in [6.45, 7) is 6.88. The number of alkyl halides is 1. The number of halogens is 1. The highest BCUT2D eigenvalue weighted by atomic mass is 79.9. The van der Waals surface area contributed by atoms with Crippen molar-refractivity contribution in [1.82, 2.24) is 0 Å². The Balaban J connectivity index is 2.12. The third-order valence-corrected chi connectivity index (χ3v) is 6.59. The molecule has 1 saturated carbocycles. The molecule has 2 rings (SSSR count). The minimum absolute atomic E-state index is 0.297. The van der Waals surface area contributed by atoms with E-state index in [1.807, 2.05) is 11.3 Å². The second kappa shape index (κ2) is 4.81. The molecule has 0 saturated heterocycles. The Hall–Kier alpha value is 0.180. The van der Waals surface area contributed by atoms with Gasteiger partial charge in [0.25, 0.3) is 0 Å². The minimum Gasteiger partial charge on any atom is -0.144 e. The molecule has 0 nitrogen and oxygen atoms in total. The van der Waals surface area contributed by atoms with Crippen LogP contribution in [0.25, 0.3) is 0 Å². The molecule has 90 valence electrons. The average molecular weight is 301 g/mol. The first-order chi connectivity index (χ1) is 7.48. The molecule has 0 aromatic carbocycles. The molecule has 1 fully saturated rings. The molecule has 1 heterocycles. The van der Waals surface area contributed by atoms with E-state index in [4.69, 9.17) is 0 Å². The maximum Gasteiger partial charge on any atom is 0.0517 e. The van der Waals surface area contributed by atoms with Crippen LogP contribution in [0.15, 0.2) is 12.1 Å². The summed E-state index contributed by atoms with van der Waals surface area (Å²) in [4.78, 5) is 3.62. The van der Waals surface area contributed by atoms with Gasteiger partial charge in [0.1, 0.15) is 0 Å². The van der Waals surface area contributed by atoms with Crippen molar-refractivity contribution in [3.8, 4) is 0 Å². The average Bonchev–Trinajstić information content (AvgIpc) is 2.87. The van der Waals surface area contributed by atoms with Crippen LogP contribution in [0.5, 0.6) is 0 Å². The van der Waals surface area contributed by atoms with Crippen molar-refractivity contribution in [2.24, 2.45) is 5.92 Å². The summed E-state index contributed by atoms with van der Waals surface area (Å²) >= 11 is 5.89. The van der Waals surface area contributed by atoms with Gasteiger partial charge in [-0.05, 0) is 36.3 Å². The molecule has 1 aromatic rings. The van der Waals surface area contributed by atoms with Crippen LogP contribution in [0.3, 0.4) is 0 Å². The van der Waals surface area contributed by atoms with Crippen molar-refractivity contribution in [1.29, 1.82) is 0 Å². The molecule has 0 aliphatic heterocycles. The lowest BCUT2D eigenvalue weighted by Crippen LogP contribution is -2.07. The van der Waals surface area contributed by atoms with E-state index in [0.29, 0.717) is 10.2 Å². The van der Waals surface area contributed by atoms with Crippen LogP contribution >= 0.6 is 27.3 Å². The molecule has 1 unspecified atom stereocenters. The minimum atomic E-state index is 0.297. The third-order valence-electron chi connectivity index (χ3n) is 3.45. The standard InChI is InChI=1S/C14H21BrS/c1-14(2,3)12-9-8-11(16-12)13(15)10-6-4-5-7-10/h8-10,13H,4-7H2,1-3H3. The van der Waals surface area contributed by atoms with Crippen molar-refractivity contribution < 1.29 is 0 Å². The largest absolute Gasteiger partial charge is 0.144 e. The molecule has 1 atom stereocenters. The van der Waals surface area contributed by atoms with Gasteiger partial charge in [0.05, 0.1) is 4.83 Å². The van der Waals surface area contributed by atoms with Crippen LogP contribution in [0, 0.1) is 5.92 Å². The fourth-order valence-electron chi connectivity index (χ4n) is 2.39. The summed E-state index contributed by atoms with van der Waals surface area (Å²) < 4.78 is 0. The monoisotopic (exact) mass is 300 g/mol. The lowest BCUT2D eigenvalue weighted by Gasteiger charge is -2.17. The number of hydrogen-bond donors (Lipinski definition) is 0. The summed E-state index contributed by atoms with van der Waals surface area (Å²) in [7, 11) is 0. The first-order valence-corrected chi connectivity index (χ1v) is 7.96. The second-order valence-corrected chi connectivity index (χ2v) is 8.00. The van der Waals surface area contributed by atoms with Gasteiger partial charge in [0.15, 0.2) is 0 Å². The van der Waals surface area contributed by atoms with Crippen molar-refractivity contribution >= 4 is 27.3 Å². The van der Waals surface area contributed by atoms with Gasteiger partial charge in [-0.25, -0.2) is 0 Å². The van der Waals surface area contributed by atoms with Crippen molar-refractivity contribution in [2.75, 3.05) is 0 Å². The van der Waals surface area contributed by atoms with Crippen LogP contribution in [0.1, 0.15) is 61.0 Å². The van der Waals surface area contributed by atoms with E-state index < -0.39 is 0 Å². The van der Waals surface area contributed by atoms with E-state index in [2.05, 4.69) is 48.8 Å². The van der Waals surface area contributed by atoms with Gasteiger partial charge in [0.2, 0.25) is 0 Å². The summed E-state index contributed by atoms with van der Waals surface area (Å²) in [6.07, 6.45) is 5.64. The maximum atomic E-state index is 3.90. The van der Waals surface area contributed by atoms with Crippen molar-refractivity contribution in [2.45, 2.75) is 56.7 Å². The Bertz CT molecular complexity index is 342. The van der Waals surface area contributed by atoms with Gasteiger partial charge >= 0.3 is 0 Å². The van der Waals surface area contributed by atoms with Crippen molar-refractivity contribution in [3.05, 3.63) is 21.9 Å². The molecule has 0 bridgehead atoms. The number of thiophene rings is 1. The Kier molecular flexibility index (Phi) is 3.80. The molecule has 0 N–H and O–H groups in total. The summed E-state index contributed by atoms with van der Waals surface area (Å²) in [5.74, 6) is 0.867. The number of hydrogen-bond acceptors (Lipinski definition) is 1. The van der Waals surface area contributed by atoms with Gasteiger partial charge < -0.3 is 0 Å². The zero-order valence-corrected chi connectivity index (χ0v) is 12.8. The van der Waals surface area contributed by atoms with Gasteiger partial charge in [-0.2, -0.15) is 0 Å². The zero-order valence-electron chi connectivity index (χ0n) is 10.4. The second-order valence-electron chi connectivity index (χ2n) is 5.90. The van der Waals surface area contributed by atoms with Crippen molar-refractivity contribution in [3.63, 3.8) is 0 Å². The van der Waals surface area contributed by atoms with Crippen LogP contribution in [-0.4, -0.2) is 0 Å². The normalized spacial score (nSPS) is 20.2. The molecule has 1 aliphatic carbocycles. The highest BCUT2D eigenvalue weighted by molar-refractivity contribution is 9.09.